The van der Waals surface area contributed by atoms with Gasteiger partial charge in [-0.2, -0.15) is 0 Å². The average molecular weight is 490 g/mol. The predicted octanol–water partition coefficient (Wildman–Crippen LogP) is 3.40. The van der Waals surface area contributed by atoms with Crippen molar-refractivity contribution in [3.05, 3.63) is 30.3 Å². The van der Waals surface area contributed by atoms with E-state index in [1.165, 1.54) is 4.90 Å². The maximum absolute atomic E-state index is 11.7. The lowest BCUT2D eigenvalue weighted by Gasteiger charge is -2.13. The molecule has 0 radical (unpaired) electrons. The number of benzene rings is 1. The minimum Gasteiger partial charge on any atom is -0.357 e. The number of halogens is 1. The summed E-state index contributed by atoms with van der Waals surface area (Å²) in [5.74, 6) is 0.990. The monoisotopic (exact) mass is 490 g/mol. The highest BCUT2D eigenvalue weighted by atomic mass is 127. The SMILES string of the molecule is CCNC(=NCC(C)Sc1ccccc1)NCCCC(=O)NC1CC1.I. The van der Waals surface area contributed by atoms with Gasteiger partial charge in [-0.25, -0.2) is 0 Å². The number of nitrogens with one attached hydrogen (secondary N) is 3. The summed E-state index contributed by atoms with van der Waals surface area (Å²) in [4.78, 5) is 17.6. The Morgan fingerprint density at radius 1 is 1.27 bits per heavy atom. The van der Waals surface area contributed by atoms with Crippen LogP contribution in [0.3, 0.4) is 0 Å². The molecule has 146 valence electrons. The van der Waals surface area contributed by atoms with E-state index in [4.69, 9.17) is 0 Å². The Labute approximate surface area is 178 Å². The van der Waals surface area contributed by atoms with E-state index in [2.05, 4.69) is 59.1 Å². The van der Waals surface area contributed by atoms with E-state index in [0.29, 0.717) is 17.7 Å². The summed E-state index contributed by atoms with van der Waals surface area (Å²) in [7, 11) is 0. The summed E-state index contributed by atoms with van der Waals surface area (Å²) in [5.41, 5.74) is 0. The van der Waals surface area contributed by atoms with E-state index < -0.39 is 0 Å². The highest BCUT2D eigenvalue weighted by Gasteiger charge is 2.22. The van der Waals surface area contributed by atoms with Crippen LogP contribution in [0, 0.1) is 0 Å². The largest absolute Gasteiger partial charge is 0.357 e. The Kier molecular flexibility index (Phi) is 11.8. The van der Waals surface area contributed by atoms with Gasteiger partial charge in [0.15, 0.2) is 5.96 Å². The van der Waals surface area contributed by atoms with E-state index in [9.17, 15) is 4.79 Å². The molecule has 1 atom stereocenters. The molecule has 0 aromatic heterocycles. The van der Waals surface area contributed by atoms with Crippen LogP contribution in [-0.4, -0.2) is 42.8 Å². The predicted molar refractivity (Wildman–Crippen MR) is 122 cm³/mol. The molecule has 1 unspecified atom stereocenters. The van der Waals surface area contributed by atoms with Crippen molar-refractivity contribution < 1.29 is 4.79 Å². The van der Waals surface area contributed by atoms with Crippen LogP contribution in [0.4, 0.5) is 0 Å². The first-order valence-electron chi connectivity index (χ1n) is 9.20. The molecule has 0 bridgehead atoms. The Hall–Kier alpha value is -0.960. The number of carbonyl (C=O) groups is 1. The minimum absolute atomic E-state index is 0. The maximum Gasteiger partial charge on any atom is 0.220 e. The lowest BCUT2D eigenvalue weighted by atomic mass is 10.3. The first-order valence-corrected chi connectivity index (χ1v) is 10.1. The molecule has 0 heterocycles. The number of carbonyl (C=O) groups excluding carboxylic acids is 1. The van der Waals surface area contributed by atoms with E-state index in [1.807, 2.05) is 17.8 Å². The lowest BCUT2D eigenvalue weighted by Crippen LogP contribution is -2.38. The number of guanidine groups is 1. The standard InChI is InChI=1S/C19H30N4OS.HI/c1-3-20-19(21-13-7-10-18(24)23-16-11-12-16)22-14-15(2)25-17-8-5-4-6-9-17;/h4-6,8-9,15-16H,3,7,10-14H2,1-2H3,(H,23,24)(H2,20,21,22);1H. The topological polar surface area (TPSA) is 65.5 Å². The molecule has 0 saturated heterocycles. The van der Waals surface area contributed by atoms with Gasteiger partial charge >= 0.3 is 0 Å². The van der Waals surface area contributed by atoms with Crippen LogP contribution in [0.15, 0.2) is 40.2 Å². The number of aliphatic imine (C=N–C) groups is 1. The molecule has 7 heteroatoms. The van der Waals surface area contributed by atoms with Crippen molar-refractivity contribution in [2.75, 3.05) is 19.6 Å². The van der Waals surface area contributed by atoms with E-state index in [1.54, 1.807) is 0 Å². The minimum atomic E-state index is 0. The second kappa shape index (κ2) is 13.2. The van der Waals surface area contributed by atoms with Gasteiger partial charge in [0.25, 0.3) is 0 Å². The van der Waals surface area contributed by atoms with Crippen LogP contribution in [0.25, 0.3) is 0 Å². The van der Waals surface area contributed by atoms with Crippen LogP contribution < -0.4 is 16.0 Å². The second-order valence-electron chi connectivity index (χ2n) is 6.33. The van der Waals surface area contributed by atoms with Gasteiger partial charge in [0.1, 0.15) is 0 Å². The zero-order valence-electron chi connectivity index (χ0n) is 15.7. The molecule has 3 N–H and O–H groups in total. The third kappa shape index (κ3) is 10.3. The molecule has 26 heavy (non-hydrogen) atoms. The van der Waals surface area contributed by atoms with Gasteiger partial charge in [0.05, 0.1) is 6.54 Å². The first kappa shape index (κ1) is 23.1. The Bertz CT molecular complexity index is 552. The summed E-state index contributed by atoms with van der Waals surface area (Å²) in [6, 6.07) is 10.8. The molecule has 1 aliphatic rings. The van der Waals surface area contributed by atoms with Gasteiger partial charge in [0, 0.05) is 35.7 Å². The van der Waals surface area contributed by atoms with E-state index in [0.717, 1.165) is 44.9 Å². The van der Waals surface area contributed by atoms with Crippen LogP contribution in [-0.2, 0) is 4.79 Å². The van der Waals surface area contributed by atoms with Gasteiger partial charge in [-0.1, -0.05) is 25.1 Å². The second-order valence-corrected chi connectivity index (χ2v) is 7.85. The lowest BCUT2D eigenvalue weighted by molar-refractivity contribution is -0.121. The zero-order valence-corrected chi connectivity index (χ0v) is 18.8. The number of rotatable bonds is 10. The van der Waals surface area contributed by atoms with Gasteiger partial charge in [-0.05, 0) is 38.3 Å². The molecule has 2 rings (SSSR count). The fourth-order valence-electron chi connectivity index (χ4n) is 2.31. The number of amides is 1. The third-order valence-corrected chi connectivity index (χ3v) is 4.84. The van der Waals surface area contributed by atoms with Crippen LogP contribution >= 0.6 is 35.7 Å². The Morgan fingerprint density at radius 3 is 2.65 bits per heavy atom. The van der Waals surface area contributed by atoms with Crippen molar-refractivity contribution in [1.29, 1.82) is 0 Å². The first-order chi connectivity index (χ1) is 12.2. The molecule has 1 aromatic carbocycles. The molecule has 1 fully saturated rings. The number of thioether (sulfide) groups is 1. The molecular formula is C19H31IN4OS. The van der Waals surface area contributed by atoms with Crippen LogP contribution in [0.1, 0.15) is 39.5 Å². The Morgan fingerprint density at radius 2 is 2.00 bits per heavy atom. The van der Waals surface area contributed by atoms with Crippen molar-refractivity contribution in [2.45, 2.75) is 55.7 Å². The van der Waals surface area contributed by atoms with Gasteiger partial charge < -0.3 is 16.0 Å². The molecule has 1 saturated carbocycles. The normalized spacial score (nSPS) is 14.9. The summed E-state index contributed by atoms with van der Waals surface area (Å²) >= 11 is 1.83. The molecule has 0 aliphatic heterocycles. The number of nitrogens with zero attached hydrogens (tertiary/aromatic N) is 1. The molecular weight excluding hydrogens is 459 g/mol. The van der Waals surface area contributed by atoms with Gasteiger partial charge in [-0.3, -0.25) is 9.79 Å². The van der Waals surface area contributed by atoms with E-state index >= 15 is 0 Å². The molecule has 1 aliphatic carbocycles. The molecule has 5 nitrogen and oxygen atoms in total. The molecule has 1 amide bonds. The third-order valence-electron chi connectivity index (χ3n) is 3.75. The maximum atomic E-state index is 11.7. The van der Waals surface area contributed by atoms with E-state index in [-0.39, 0.29) is 29.9 Å². The fraction of sp³-hybridized carbons (Fsp3) is 0.579. The van der Waals surface area contributed by atoms with Crippen molar-refractivity contribution >= 4 is 47.6 Å². The summed E-state index contributed by atoms with van der Waals surface area (Å²) in [6.07, 6.45) is 3.67. The summed E-state index contributed by atoms with van der Waals surface area (Å²) in [6.45, 7) is 6.57. The highest BCUT2D eigenvalue weighted by molar-refractivity contribution is 14.0. The Balaban J connectivity index is 0.00000338. The van der Waals surface area contributed by atoms with Crippen LogP contribution in [0.2, 0.25) is 0 Å². The van der Waals surface area contributed by atoms with Gasteiger partial charge in [-0.15, -0.1) is 35.7 Å². The quantitative estimate of drug-likeness (QED) is 0.155. The van der Waals surface area contributed by atoms with Crippen molar-refractivity contribution in [2.24, 2.45) is 4.99 Å². The highest BCUT2D eigenvalue weighted by Crippen LogP contribution is 2.22. The fourth-order valence-corrected chi connectivity index (χ4v) is 3.24. The summed E-state index contributed by atoms with van der Waals surface area (Å²) < 4.78 is 0. The average Bonchev–Trinajstić information content (AvgIpc) is 3.41. The van der Waals surface area contributed by atoms with Crippen molar-refractivity contribution in [1.82, 2.24) is 16.0 Å². The summed E-state index contributed by atoms with van der Waals surface area (Å²) in [5, 5.41) is 9.99. The van der Waals surface area contributed by atoms with Crippen molar-refractivity contribution in [3.8, 4) is 0 Å². The number of hydrogen-bond donors (Lipinski definition) is 3. The van der Waals surface area contributed by atoms with Crippen molar-refractivity contribution in [3.63, 3.8) is 0 Å². The zero-order chi connectivity index (χ0) is 17.9. The molecule has 1 aromatic rings. The molecule has 0 spiro atoms. The smallest absolute Gasteiger partial charge is 0.220 e. The number of hydrogen-bond acceptors (Lipinski definition) is 3. The van der Waals surface area contributed by atoms with Gasteiger partial charge in [0.2, 0.25) is 5.91 Å². The van der Waals surface area contributed by atoms with Crippen LogP contribution in [0.5, 0.6) is 0 Å².